The lowest BCUT2D eigenvalue weighted by molar-refractivity contribution is -0.123. The molecule has 1 aromatic heterocycles. The summed E-state index contributed by atoms with van der Waals surface area (Å²) in [4.78, 5) is 43.0. The van der Waals surface area contributed by atoms with E-state index in [2.05, 4.69) is 10.3 Å². The van der Waals surface area contributed by atoms with Crippen LogP contribution in [-0.4, -0.2) is 27.7 Å². The average molecular weight is 393 g/mol. The molecule has 2 amide bonds. The molecule has 3 rings (SSSR count). The molecule has 0 spiro atoms. The number of amides is 2. The molecule has 0 saturated carbocycles. The third kappa shape index (κ3) is 3.89. The van der Waals surface area contributed by atoms with Gasteiger partial charge in [-0.2, -0.15) is 0 Å². The number of aliphatic hydroxyl groups is 1. The third-order valence-corrected chi connectivity index (χ3v) is 4.58. The summed E-state index contributed by atoms with van der Waals surface area (Å²) >= 11 is 0. The van der Waals surface area contributed by atoms with Crippen molar-refractivity contribution >= 4 is 29.0 Å². The second kappa shape index (κ2) is 7.50. The number of carbonyl (C=O) groups is 3. The Balaban J connectivity index is 2.16. The van der Waals surface area contributed by atoms with Crippen LogP contribution in [0.15, 0.2) is 60.1 Å². The number of rotatable bonds is 4. The van der Waals surface area contributed by atoms with E-state index in [4.69, 9.17) is 0 Å². The maximum atomic E-state index is 13.1. The summed E-state index contributed by atoms with van der Waals surface area (Å²) in [5, 5.41) is 13.3. The Morgan fingerprint density at radius 3 is 2.48 bits per heavy atom. The number of pyridine rings is 1. The first-order valence-electron chi connectivity index (χ1n) is 9.20. The van der Waals surface area contributed by atoms with E-state index in [0.717, 1.165) is 0 Å². The molecule has 1 aliphatic rings. The highest BCUT2D eigenvalue weighted by atomic mass is 16.3. The average Bonchev–Trinajstić information content (AvgIpc) is 2.92. The van der Waals surface area contributed by atoms with E-state index >= 15 is 0 Å². The number of hydrogen-bond acceptors (Lipinski definition) is 5. The highest BCUT2D eigenvalue weighted by molar-refractivity contribution is 6.17. The fourth-order valence-corrected chi connectivity index (χ4v) is 3.30. The predicted molar refractivity (Wildman–Crippen MR) is 109 cm³/mol. The zero-order valence-electron chi connectivity index (χ0n) is 16.8. The molecule has 7 heteroatoms. The van der Waals surface area contributed by atoms with Crippen LogP contribution in [0.3, 0.4) is 0 Å². The Morgan fingerprint density at radius 1 is 1.17 bits per heavy atom. The quantitative estimate of drug-likeness (QED) is 0.827. The fraction of sp³-hybridized carbons (Fsp3) is 0.273. The summed E-state index contributed by atoms with van der Waals surface area (Å²) in [5.41, 5.74) is 0.794. The highest BCUT2D eigenvalue weighted by Gasteiger charge is 2.46. The van der Waals surface area contributed by atoms with Crippen LogP contribution in [0.1, 0.15) is 39.3 Å². The van der Waals surface area contributed by atoms with Gasteiger partial charge in [-0.25, -0.2) is 0 Å². The first-order chi connectivity index (χ1) is 13.6. The molecule has 1 aromatic carbocycles. The fourth-order valence-electron chi connectivity index (χ4n) is 3.30. The number of benzene rings is 1. The summed E-state index contributed by atoms with van der Waals surface area (Å²) in [6.45, 7) is 6.60. The van der Waals surface area contributed by atoms with Crippen LogP contribution in [0.2, 0.25) is 0 Å². The van der Waals surface area contributed by atoms with Crippen molar-refractivity contribution in [2.75, 3.05) is 10.2 Å². The minimum atomic E-state index is -0.824. The van der Waals surface area contributed by atoms with Gasteiger partial charge in [0.05, 0.1) is 11.6 Å². The van der Waals surface area contributed by atoms with Gasteiger partial charge in [-0.05, 0) is 29.8 Å². The van der Waals surface area contributed by atoms with Gasteiger partial charge in [0.15, 0.2) is 11.5 Å². The van der Waals surface area contributed by atoms with Gasteiger partial charge in [0.25, 0.3) is 5.91 Å². The van der Waals surface area contributed by atoms with E-state index in [0.29, 0.717) is 16.9 Å². The van der Waals surface area contributed by atoms with E-state index < -0.39 is 23.1 Å². The van der Waals surface area contributed by atoms with Crippen LogP contribution in [0.5, 0.6) is 0 Å². The number of Topliss-reactive ketones (excluding diaryl/α,β-unsaturated/α-hetero) is 1. The molecular weight excluding hydrogens is 370 g/mol. The number of aliphatic hydroxyl groups excluding tert-OH is 1. The Morgan fingerprint density at radius 2 is 1.90 bits per heavy atom. The highest BCUT2D eigenvalue weighted by Crippen LogP contribution is 2.43. The Bertz CT molecular complexity index is 1010. The lowest BCUT2D eigenvalue weighted by atomic mass is 9.82. The van der Waals surface area contributed by atoms with Crippen molar-refractivity contribution in [1.82, 2.24) is 4.98 Å². The van der Waals surface area contributed by atoms with Gasteiger partial charge >= 0.3 is 0 Å². The Hall–Kier alpha value is -3.48. The third-order valence-electron chi connectivity index (χ3n) is 4.58. The molecule has 29 heavy (non-hydrogen) atoms. The second-order valence-electron chi connectivity index (χ2n) is 7.94. The number of nitrogens with one attached hydrogen (secondary N) is 1. The molecule has 150 valence electrons. The molecule has 7 nitrogen and oxygen atoms in total. The van der Waals surface area contributed by atoms with E-state index in [9.17, 15) is 19.5 Å². The Kier molecular flexibility index (Phi) is 5.24. The number of anilines is 2. The zero-order chi connectivity index (χ0) is 21.3. The molecule has 2 aromatic rings. The maximum absolute atomic E-state index is 13.1. The van der Waals surface area contributed by atoms with Gasteiger partial charge in [-0.1, -0.05) is 32.9 Å². The Labute approximate surface area is 169 Å². The number of carbonyl (C=O) groups excluding carboxylic acids is 3. The molecule has 1 aliphatic heterocycles. The smallest absolute Gasteiger partial charge is 0.294 e. The van der Waals surface area contributed by atoms with Crippen LogP contribution in [-0.2, 0) is 14.4 Å². The van der Waals surface area contributed by atoms with Crippen molar-refractivity contribution in [3.05, 3.63) is 65.7 Å². The first-order valence-corrected chi connectivity index (χ1v) is 9.20. The minimum absolute atomic E-state index is 0.0421. The van der Waals surface area contributed by atoms with Crippen LogP contribution >= 0.6 is 0 Å². The molecule has 1 atom stereocenters. The van der Waals surface area contributed by atoms with Crippen molar-refractivity contribution in [3.63, 3.8) is 0 Å². The van der Waals surface area contributed by atoms with Gasteiger partial charge in [0, 0.05) is 36.1 Å². The summed E-state index contributed by atoms with van der Waals surface area (Å²) in [7, 11) is 0. The van der Waals surface area contributed by atoms with Crippen LogP contribution in [0.25, 0.3) is 0 Å². The second-order valence-corrected chi connectivity index (χ2v) is 7.94. The van der Waals surface area contributed by atoms with Crippen LogP contribution < -0.4 is 10.2 Å². The lowest BCUT2D eigenvalue weighted by Gasteiger charge is -2.29. The monoisotopic (exact) mass is 393 g/mol. The number of hydrogen-bond donors (Lipinski definition) is 2. The van der Waals surface area contributed by atoms with E-state index in [-0.39, 0.29) is 17.3 Å². The number of aromatic nitrogens is 1. The van der Waals surface area contributed by atoms with Gasteiger partial charge in [0.1, 0.15) is 0 Å². The lowest BCUT2D eigenvalue weighted by Crippen LogP contribution is -2.33. The zero-order valence-corrected chi connectivity index (χ0v) is 16.8. The molecule has 2 heterocycles. The largest absolute Gasteiger partial charge is 0.503 e. The van der Waals surface area contributed by atoms with E-state index in [1.165, 1.54) is 11.8 Å². The molecule has 2 N–H and O–H groups in total. The van der Waals surface area contributed by atoms with Gasteiger partial charge < -0.3 is 10.4 Å². The minimum Gasteiger partial charge on any atom is -0.503 e. The summed E-state index contributed by atoms with van der Waals surface area (Å²) in [6, 6.07) is 9.33. The number of nitrogens with zero attached hydrogens (tertiary/aromatic N) is 2. The van der Waals surface area contributed by atoms with Crippen LogP contribution in [0.4, 0.5) is 11.4 Å². The van der Waals surface area contributed by atoms with Crippen molar-refractivity contribution in [3.8, 4) is 0 Å². The van der Waals surface area contributed by atoms with Crippen LogP contribution in [0, 0.1) is 5.41 Å². The van der Waals surface area contributed by atoms with Crippen molar-refractivity contribution in [2.45, 2.75) is 33.7 Å². The first kappa shape index (κ1) is 20.3. The topological polar surface area (TPSA) is 99.6 Å². The molecule has 0 bridgehead atoms. The number of ketones is 1. The van der Waals surface area contributed by atoms with Crippen molar-refractivity contribution < 1.29 is 19.5 Å². The maximum Gasteiger partial charge on any atom is 0.294 e. The normalized spacial score (nSPS) is 16.9. The van der Waals surface area contributed by atoms with Gasteiger partial charge in [0.2, 0.25) is 5.91 Å². The summed E-state index contributed by atoms with van der Waals surface area (Å²) in [6.07, 6.45) is 3.16. The molecular formula is C22H23N3O4. The van der Waals surface area contributed by atoms with E-state index in [1.807, 2.05) is 0 Å². The van der Waals surface area contributed by atoms with E-state index in [1.54, 1.807) is 69.6 Å². The molecule has 0 radical (unpaired) electrons. The van der Waals surface area contributed by atoms with Crippen molar-refractivity contribution in [1.29, 1.82) is 0 Å². The summed E-state index contributed by atoms with van der Waals surface area (Å²) < 4.78 is 0. The SMILES string of the molecule is CC(=O)Nc1cccc(N2C(=O)C(O)=C(C(=O)C(C)(C)C)C2c2cccnc2)c1. The molecule has 1 unspecified atom stereocenters. The standard InChI is InChI=1S/C22H23N3O4/c1-13(26)24-15-8-5-9-16(11-15)25-18(14-7-6-10-23-12-14)17(19(27)21(25)29)20(28)22(2,3)4/h5-12,18,27H,1-4H3,(H,24,26). The summed E-state index contributed by atoms with van der Waals surface area (Å²) in [5.74, 6) is -1.81. The van der Waals surface area contributed by atoms with Crippen molar-refractivity contribution in [2.24, 2.45) is 5.41 Å². The molecule has 0 fully saturated rings. The van der Waals surface area contributed by atoms with Gasteiger partial charge in [-0.3, -0.25) is 24.3 Å². The van der Waals surface area contributed by atoms with Gasteiger partial charge in [-0.15, -0.1) is 0 Å². The molecule has 0 aliphatic carbocycles. The predicted octanol–water partition coefficient (Wildman–Crippen LogP) is 3.56. The molecule has 0 saturated heterocycles.